The maximum absolute atomic E-state index is 12.3. The molecule has 0 spiro atoms. The second kappa shape index (κ2) is 4.19. The number of rotatable bonds is 2. The summed E-state index contributed by atoms with van der Waals surface area (Å²) in [5.74, 6) is 0.194. The van der Waals surface area contributed by atoms with Crippen LogP contribution in [0.5, 0.6) is 0 Å². The van der Waals surface area contributed by atoms with E-state index in [1.54, 1.807) is 6.07 Å². The van der Waals surface area contributed by atoms with Crippen molar-refractivity contribution < 1.29 is 4.79 Å². The van der Waals surface area contributed by atoms with Crippen LogP contribution in [0.4, 0.5) is 0 Å². The van der Waals surface area contributed by atoms with Gasteiger partial charge in [0, 0.05) is 22.5 Å². The molecule has 0 aromatic heterocycles. The first-order chi connectivity index (χ1) is 7.53. The lowest BCUT2D eigenvalue weighted by atomic mass is 9.81. The highest BCUT2D eigenvalue weighted by Gasteiger charge is 2.36. The topological polar surface area (TPSA) is 29.1 Å². The van der Waals surface area contributed by atoms with Crippen molar-refractivity contribution in [1.82, 2.24) is 5.32 Å². The summed E-state index contributed by atoms with van der Waals surface area (Å²) in [6.45, 7) is 5.64. The molecule has 0 bridgehead atoms. The average molecular weight is 238 g/mol. The Balaban J connectivity index is 2.30. The second-order valence-electron chi connectivity index (χ2n) is 4.78. The monoisotopic (exact) mass is 237 g/mol. The normalized spacial score (nSPS) is 24.7. The van der Waals surface area contributed by atoms with Crippen LogP contribution in [0, 0.1) is 12.3 Å². The predicted octanol–water partition coefficient (Wildman–Crippen LogP) is 2.83. The molecule has 1 atom stereocenters. The van der Waals surface area contributed by atoms with E-state index in [0.29, 0.717) is 5.02 Å². The first-order valence-corrected chi connectivity index (χ1v) is 5.92. The van der Waals surface area contributed by atoms with E-state index in [-0.39, 0.29) is 11.2 Å². The third-order valence-electron chi connectivity index (χ3n) is 3.35. The molecule has 16 heavy (non-hydrogen) atoms. The van der Waals surface area contributed by atoms with Gasteiger partial charge < -0.3 is 5.32 Å². The molecule has 0 radical (unpaired) electrons. The summed E-state index contributed by atoms with van der Waals surface area (Å²) in [5.41, 5.74) is 1.47. The molecule has 0 saturated carbocycles. The molecule has 3 heteroatoms. The summed E-state index contributed by atoms with van der Waals surface area (Å²) in [4.78, 5) is 12.3. The number of ketones is 1. The Morgan fingerprint density at radius 2 is 2.25 bits per heavy atom. The number of carbonyl (C=O) groups excluding carboxylic acids is 1. The number of nitrogens with one attached hydrogen (secondary N) is 1. The predicted molar refractivity (Wildman–Crippen MR) is 66.1 cm³/mol. The fourth-order valence-electron chi connectivity index (χ4n) is 2.09. The van der Waals surface area contributed by atoms with Gasteiger partial charge >= 0.3 is 0 Å². The van der Waals surface area contributed by atoms with Gasteiger partial charge in [0.25, 0.3) is 0 Å². The number of hydrogen-bond donors (Lipinski definition) is 1. The molecule has 1 fully saturated rings. The van der Waals surface area contributed by atoms with Crippen molar-refractivity contribution in [2.75, 3.05) is 13.1 Å². The maximum Gasteiger partial charge on any atom is 0.170 e. The quantitative estimate of drug-likeness (QED) is 0.802. The maximum atomic E-state index is 12.3. The zero-order valence-electron chi connectivity index (χ0n) is 9.64. The SMILES string of the molecule is Cc1ccc(C(=O)C2(C)CCNC2)cc1Cl. The number of benzene rings is 1. The molecule has 86 valence electrons. The summed E-state index contributed by atoms with van der Waals surface area (Å²) in [6.07, 6.45) is 0.900. The smallest absolute Gasteiger partial charge is 0.170 e. The van der Waals surface area contributed by atoms with Crippen molar-refractivity contribution in [3.8, 4) is 0 Å². The second-order valence-corrected chi connectivity index (χ2v) is 5.19. The van der Waals surface area contributed by atoms with E-state index in [1.807, 2.05) is 26.0 Å². The van der Waals surface area contributed by atoms with Crippen molar-refractivity contribution in [3.05, 3.63) is 34.3 Å². The van der Waals surface area contributed by atoms with Crippen molar-refractivity contribution >= 4 is 17.4 Å². The van der Waals surface area contributed by atoms with E-state index >= 15 is 0 Å². The average Bonchev–Trinajstić information content (AvgIpc) is 2.70. The lowest BCUT2D eigenvalue weighted by molar-refractivity contribution is 0.0839. The minimum atomic E-state index is -0.265. The van der Waals surface area contributed by atoms with Gasteiger partial charge in [0.1, 0.15) is 0 Å². The largest absolute Gasteiger partial charge is 0.316 e. The number of aryl methyl sites for hydroxylation is 1. The van der Waals surface area contributed by atoms with Gasteiger partial charge in [0.15, 0.2) is 5.78 Å². The van der Waals surface area contributed by atoms with Crippen LogP contribution in [0.3, 0.4) is 0 Å². The van der Waals surface area contributed by atoms with Crippen LogP contribution in [0.15, 0.2) is 18.2 Å². The molecular weight excluding hydrogens is 222 g/mol. The number of Topliss-reactive ketones (excluding diaryl/α,β-unsaturated/α-hetero) is 1. The van der Waals surface area contributed by atoms with E-state index in [1.165, 1.54) is 0 Å². The van der Waals surface area contributed by atoms with Gasteiger partial charge in [0.05, 0.1) is 0 Å². The van der Waals surface area contributed by atoms with Gasteiger partial charge in [-0.15, -0.1) is 0 Å². The van der Waals surface area contributed by atoms with E-state index in [4.69, 9.17) is 11.6 Å². The lowest BCUT2D eigenvalue weighted by Crippen LogP contribution is -2.30. The molecule has 1 heterocycles. The van der Waals surface area contributed by atoms with Crippen molar-refractivity contribution in [2.45, 2.75) is 20.3 Å². The fraction of sp³-hybridized carbons (Fsp3) is 0.462. The highest BCUT2D eigenvalue weighted by Crippen LogP contribution is 2.30. The third-order valence-corrected chi connectivity index (χ3v) is 3.76. The Morgan fingerprint density at radius 1 is 1.50 bits per heavy atom. The van der Waals surface area contributed by atoms with Crippen LogP contribution in [0.25, 0.3) is 0 Å². The van der Waals surface area contributed by atoms with E-state index in [2.05, 4.69) is 5.32 Å². The Kier molecular flexibility index (Phi) is 3.04. The van der Waals surface area contributed by atoms with Crippen molar-refractivity contribution in [3.63, 3.8) is 0 Å². The first kappa shape index (κ1) is 11.6. The van der Waals surface area contributed by atoms with Crippen LogP contribution in [-0.2, 0) is 0 Å². The van der Waals surface area contributed by atoms with Crippen molar-refractivity contribution in [2.24, 2.45) is 5.41 Å². The Bertz CT molecular complexity index is 422. The van der Waals surface area contributed by atoms with Crippen molar-refractivity contribution in [1.29, 1.82) is 0 Å². The standard InChI is InChI=1S/C13H16ClNO/c1-9-3-4-10(7-11(9)14)12(16)13(2)5-6-15-8-13/h3-4,7,15H,5-6,8H2,1-2H3. The van der Waals surface area contributed by atoms with Crippen LogP contribution in [-0.4, -0.2) is 18.9 Å². The molecule has 2 nitrogen and oxygen atoms in total. The Hall–Kier alpha value is -0.860. The molecule has 0 amide bonds. The van der Waals surface area contributed by atoms with E-state index in [9.17, 15) is 4.79 Å². The summed E-state index contributed by atoms with van der Waals surface area (Å²) in [7, 11) is 0. The third kappa shape index (κ3) is 2.00. The number of carbonyl (C=O) groups is 1. The summed E-state index contributed by atoms with van der Waals surface area (Å²) in [6, 6.07) is 5.55. The first-order valence-electron chi connectivity index (χ1n) is 5.55. The van der Waals surface area contributed by atoms with Crippen LogP contribution in [0.1, 0.15) is 29.3 Å². The Labute approximate surface area is 101 Å². The summed E-state index contributed by atoms with van der Waals surface area (Å²) >= 11 is 6.04. The summed E-state index contributed by atoms with van der Waals surface area (Å²) in [5, 5.41) is 3.90. The van der Waals surface area contributed by atoms with Crippen LogP contribution in [0.2, 0.25) is 5.02 Å². The minimum Gasteiger partial charge on any atom is -0.316 e. The van der Waals surface area contributed by atoms with Gasteiger partial charge in [-0.2, -0.15) is 0 Å². The molecule has 1 N–H and O–H groups in total. The zero-order valence-corrected chi connectivity index (χ0v) is 10.4. The Morgan fingerprint density at radius 3 is 2.81 bits per heavy atom. The summed E-state index contributed by atoms with van der Waals surface area (Å²) < 4.78 is 0. The lowest BCUT2D eigenvalue weighted by Gasteiger charge is -2.21. The zero-order chi connectivity index (χ0) is 11.8. The van der Waals surface area contributed by atoms with Gasteiger partial charge in [-0.1, -0.05) is 30.7 Å². The van der Waals surface area contributed by atoms with Gasteiger partial charge in [-0.3, -0.25) is 4.79 Å². The molecule has 1 aliphatic heterocycles. The molecule has 1 aliphatic rings. The molecule has 2 rings (SSSR count). The van der Waals surface area contributed by atoms with Gasteiger partial charge in [-0.25, -0.2) is 0 Å². The highest BCUT2D eigenvalue weighted by atomic mass is 35.5. The van der Waals surface area contributed by atoms with E-state index < -0.39 is 0 Å². The molecule has 1 saturated heterocycles. The molecular formula is C13H16ClNO. The van der Waals surface area contributed by atoms with Gasteiger partial charge in [-0.05, 0) is 31.5 Å². The minimum absolute atomic E-state index is 0.194. The highest BCUT2D eigenvalue weighted by molar-refractivity contribution is 6.31. The van der Waals surface area contributed by atoms with Crippen LogP contribution < -0.4 is 5.32 Å². The van der Waals surface area contributed by atoms with E-state index in [0.717, 1.165) is 30.6 Å². The molecule has 1 unspecified atom stereocenters. The molecule has 1 aromatic rings. The number of hydrogen-bond acceptors (Lipinski definition) is 2. The van der Waals surface area contributed by atoms with Gasteiger partial charge in [0.2, 0.25) is 0 Å². The fourth-order valence-corrected chi connectivity index (χ4v) is 2.27. The molecule has 1 aromatic carbocycles. The number of halogens is 1. The van der Waals surface area contributed by atoms with Crippen LogP contribution >= 0.6 is 11.6 Å². The molecule has 0 aliphatic carbocycles.